The molecule has 0 spiro atoms. The Hall–Kier alpha value is -2.62. The van der Waals surface area contributed by atoms with Crippen molar-refractivity contribution in [2.75, 3.05) is 5.32 Å². The molecule has 1 aliphatic carbocycles. The number of ketones is 2. The lowest BCUT2D eigenvalue weighted by molar-refractivity contribution is -0.141. The molecule has 5 nitrogen and oxygen atoms in total. The smallest absolute Gasteiger partial charge is 0.301 e. The summed E-state index contributed by atoms with van der Waals surface area (Å²) in [6.07, 6.45) is 0.731. The van der Waals surface area contributed by atoms with Gasteiger partial charge in [0.2, 0.25) is 11.7 Å². The summed E-state index contributed by atoms with van der Waals surface area (Å²) >= 11 is 0.394. The molecule has 2 aromatic rings. The molecule has 0 radical (unpaired) electrons. The molecule has 1 aliphatic rings. The second-order valence-electron chi connectivity index (χ2n) is 9.29. The van der Waals surface area contributed by atoms with Crippen LogP contribution in [0.15, 0.2) is 24.3 Å². The molecule has 0 bridgehead atoms. The van der Waals surface area contributed by atoms with Gasteiger partial charge in [-0.25, -0.2) is 9.37 Å². The van der Waals surface area contributed by atoms with Crippen LogP contribution in [0.1, 0.15) is 79.7 Å². The first kappa shape index (κ1) is 26.0. The van der Waals surface area contributed by atoms with Crippen LogP contribution >= 0.6 is 11.3 Å². The number of alkyl halides is 3. The zero-order valence-corrected chi connectivity index (χ0v) is 19.7. The minimum Gasteiger partial charge on any atom is -0.301 e. The molecule has 3 rings (SSSR count). The number of nitrogens with zero attached hydrogens (tertiary/aromatic N) is 1. The fourth-order valence-electron chi connectivity index (χ4n) is 4.08. The zero-order chi connectivity index (χ0) is 25.1. The van der Waals surface area contributed by atoms with Crippen molar-refractivity contribution in [3.05, 3.63) is 46.2 Å². The lowest BCUT2D eigenvalue weighted by Gasteiger charge is -2.25. The molecule has 1 amide bonds. The van der Waals surface area contributed by atoms with E-state index in [4.69, 9.17) is 0 Å². The number of carbonyl (C=O) groups is 3. The Balaban J connectivity index is 1.74. The van der Waals surface area contributed by atoms with Gasteiger partial charge in [-0.1, -0.05) is 57.3 Å². The quantitative estimate of drug-likeness (QED) is 0.336. The van der Waals surface area contributed by atoms with Gasteiger partial charge in [-0.3, -0.25) is 14.4 Å². The normalized spacial score (nSPS) is 15.2. The molecule has 0 unspecified atom stereocenters. The number of amides is 1. The minimum absolute atomic E-state index is 0.0474. The number of thiazole rings is 1. The van der Waals surface area contributed by atoms with Crippen LogP contribution in [0.4, 0.5) is 22.7 Å². The average Bonchev–Trinajstić information content (AvgIpc) is 3.18. The van der Waals surface area contributed by atoms with Gasteiger partial charge in [-0.05, 0) is 30.2 Å². The molecule has 184 valence electrons. The summed E-state index contributed by atoms with van der Waals surface area (Å²) in [7, 11) is 0. The van der Waals surface area contributed by atoms with Crippen molar-refractivity contribution < 1.29 is 31.9 Å². The number of carbonyl (C=O) groups excluding carboxylic acids is 3. The number of halogens is 4. The first-order chi connectivity index (χ1) is 15.9. The Morgan fingerprint density at radius 2 is 1.68 bits per heavy atom. The molecule has 1 aromatic heterocycles. The van der Waals surface area contributed by atoms with E-state index in [1.807, 2.05) is 0 Å². The van der Waals surface area contributed by atoms with Gasteiger partial charge in [-0.15, -0.1) is 0 Å². The maximum absolute atomic E-state index is 13.5. The highest BCUT2D eigenvalue weighted by atomic mass is 32.1. The molecule has 1 N–H and O–H groups in total. The number of benzene rings is 1. The number of Topliss-reactive ketones (excluding diaryl/α,β-unsaturated/α-hetero) is 1. The highest BCUT2D eigenvalue weighted by molar-refractivity contribution is 7.18. The molecular formula is C24H26F4N2O3S. The summed E-state index contributed by atoms with van der Waals surface area (Å²) in [5.41, 5.74) is -2.73. The highest BCUT2D eigenvalue weighted by Gasteiger charge is 2.40. The van der Waals surface area contributed by atoms with Gasteiger partial charge >= 0.3 is 6.18 Å². The predicted octanol–water partition coefficient (Wildman–Crippen LogP) is 6.43. The maximum atomic E-state index is 13.5. The van der Waals surface area contributed by atoms with Crippen LogP contribution in [-0.4, -0.2) is 22.5 Å². The van der Waals surface area contributed by atoms with Crippen LogP contribution in [0.5, 0.6) is 0 Å². The van der Waals surface area contributed by atoms with Crippen molar-refractivity contribution in [3.63, 3.8) is 0 Å². The summed E-state index contributed by atoms with van der Waals surface area (Å²) < 4.78 is 53.8. The third-order valence-corrected chi connectivity index (χ3v) is 6.89. The van der Waals surface area contributed by atoms with E-state index in [-0.39, 0.29) is 17.8 Å². The van der Waals surface area contributed by atoms with Crippen LogP contribution in [0.2, 0.25) is 0 Å². The monoisotopic (exact) mass is 498 g/mol. The van der Waals surface area contributed by atoms with Crippen LogP contribution in [0.25, 0.3) is 0 Å². The Morgan fingerprint density at radius 3 is 2.26 bits per heavy atom. The van der Waals surface area contributed by atoms with Gasteiger partial charge < -0.3 is 5.32 Å². The molecule has 0 atom stereocenters. The lowest BCUT2D eigenvalue weighted by atomic mass is 9.80. The van der Waals surface area contributed by atoms with E-state index in [1.165, 1.54) is 0 Å². The summed E-state index contributed by atoms with van der Waals surface area (Å²) in [5.74, 6) is -2.02. The molecule has 10 heteroatoms. The molecular weight excluding hydrogens is 472 g/mol. The first-order valence-electron chi connectivity index (χ1n) is 11.1. The largest absolute Gasteiger partial charge is 0.435 e. The van der Waals surface area contributed by atoms with Gasteiger partial charge in [0, 0.05) is 18.4 Å². The highest BCUT2D eigenvalue weighted by Crippen LogP contribution is 2.38. The van der Waals surface area contributed by atoms with E-state index in [0.29, 0.717) is 23.7 Å². The van der Waals surface area contributed by atoms with Crippen molar-refractivity contribution in [2.24, 2.45) is 11.3 Å². The van der Waals surface area contributed by atoms with Gasteiger partial charge in [0.15, 0.2) is 10.8 Å². The van der Waals surface area contributed by atoms with E-state index in [1.54, 1.807) is 13.8 Å². The van der Waals surface area contributed by atoms with Crippen molar-refractivity contribution >= 4 is 33.9 Å². The second-order valence-corrected chi connectivity index (χ2v) is 10.3. The molecule has 1 fully saturated rings. The van der Waals surface area contributed by atoms with Gasteiger partial charge in [0.05, 0.1) is 5.41 Å². The summed E-state index contributed by atoms with van der Waals surface area (Å²) in [4.78, 5) is 40.7. The Bertz CT molecular complexity index is 1060. The average molecular weight is 499 g/mol. The van der Waals surface area contributed by atoms with Gasteiger partial charge in [0.25, 0.3) is 0 Å². The van der Waals surface area contributed by atoms with Crippen LogP contribution < -0.4 is 5.32 Å². The lowest BCUT2D eigenvalue weighted by Crippen LogP contribution is -2.33. The van der Waals surface area contributed by atoms with Crippen molar-refractivity contribution in [1.82, 2.24) is 4.98 Å². The summed E-state index contributed by atoms with van der Waals surface area (Å²) in [6.45, 7) is 3.09. The van der Waals surface area contributed by atoms with Gasteiger partial charge in [0.1, 0.15) is 16.5 Å². The van der Waals surface area contributed by atoms with Gasteiger partial charge in [-0.2, -0.15) is 13.2 Å². The fraction of sp³-hybridized carbons (Fsp3) is 0.500. The third kappa shape index (κ3) is 6.49. The van der Waals surface area contributed by atoms with E-state index >= 15 is 0 Å². The Kier molecular flexibility index (Phi) is 7.90. The van der Waals surface area contributed by atoms with Crippen LogP contribution in [-0.2, 0) is 15.8 Å². The van der Waals surface area contributed by atoms with Crippen molar-refractivity contribution in [3.8, 4) is 0 Å². The van der Waals surface area contributed by atoms with Crippen molar-refractivity contribution in [1.29, 1.82) is 0 Å². The van der Waals surface area contributed by atoms with Crippen LogP contribution in [0.3, 0.4) is 0 Å². The molecule has 34 heavy (non-hydrogen) atoms. The Morgan fingerprint density at radius 1 is 1.06 bits per heavy atom. The van der Waals surface area contributed by atoms with E-state index in [0.717, 1.165) is 56.4 Å². The number of hydrogen-bond acceptors (Lipinski definition) is 5. The standard InChI is InChI=1S/C24H26F4N2O3S/c1-23(2,13-17(31)12-14-6-4-3-5-7-14)21(33)30-22-29-20(24(26,27)28)19(34-22)18(32)15-8-10-16(25)11-9-15/h8-11,14H,3-7,12-13H2,1-2H3,(H,29,30,33). The maximum Gasteiger partial charge on any atom is 0.435 e. The van der Waals surface area contributed by atoms with E-state index in [2.05, 4.69) is 10.3 Å². The topological polar surface area (TPSA) is 76.1 Å². The zero-order valence-electron chi connectivity index (χ0n) is 18.9. The number of hydrogen-bond donors (Lipinski definition) is 1. The van der Waals surface area contributed by atoms with Crippen LogP contribution in [0, 0.1) is 17.2 Å². The molecule has 1 saturated carbocycles. The molecule has 0 saturated heterocycles. The van der Waals surface area contributed by atoms with E-state index in [9.17, 15) is 31.9 Å². The van der Waals surface area contributed by atoms with Crippen molar-refractivity contribution in [2.45, 2.75) is 65.0 Å². The number of anilines is 1. The molecule has 1 heterocycles. The predicted molar refractivity (Wildman–Crippen MR) is 120 cm³/mol. The number of rotatable bonds is 8. The summed E-state index contributed by atoms with van der Waals surface area (Å²) in [6, 6.07) is 4.10. The molecule has 0 aliphatic heterocycles. The first-order valence-corrected chi connectivity index (χ1v) is 11.9. The summed E-state index contributed by atoms with van der Waals surface area (Å²) in [5, 5.41) is 1.95. The number of nitrogens with one attached hydrogen (secondary N) is 1. The third-order valence-electron chi connectivity index (χ3n) is 5.92. The minimum atomic E-state index is -4.93. The second kappa shape index (κ2) is 10.3. The number of aromatic nitrogens is 1. The Labute approximate surface area is 199 Å². The molecule has 1 aromatic carbocycles. The fourth-order valence-corrected chi connectivity index (χ4v) is 5.02. The SMILES string of the molecule is CC(C)(CC(=O)CC1CCCCC1)C(=O)Nc1nc(C(F)(F)F)c(C(=O)c2ccc(F)cc2)s1. The van der Waals surface area contributed by atoms with E-state index < -0.39 is 44.8 Å².